The highest BCUT2D eigenvalue weighted by Gasteiger charge is 2.70. The van der Waals surface area contributed by atoms with Crippen LogP contribution in [0.15, 0.2) is 48.5 Å². The molecule has 0 amide bonds. The van der Waals surface area contributed by atoms with Crippen LogP contribution in [-0.2, 0) is 5.41 Å². The zero-order valence-electron chi connectivity index (χ0n) is 28.3. The van der Waals surface area contributed by atoms with Gasteiger partial charge in [0.1, 0.15) is 11.5 Å². The van der Waals surface area contributed by atoms with Gasteiger partial charge >= 0.3 is 0 Å². The molecule has 2 aromatic carbocycles. The van der Waals surface area contributed by atoms with Crippen LogP contribution in [0, 0.1) is 107 Å². The predicted molar refractivity (Wildman–Crippen MR) is 184 cm³/mol. The standard InChI is InChI=1S/C45H56O2/c46-29-11-7-27(8-12-29)45(28-9-13-30(47)14-10-28,21-25-15-23-17-35(25)43-39-19-37(41(23)43)31-3-1-5-33(31)39)22-26-16-24-18-36(26)44-40-20-38(42(24)44)32-4-2-6-34(32)40/h7-14,23-26,31-44,46-47H,1-6,15-22H2. The summed E-state index contributed by atoms with van der Waals surface area (Å²) in [5.74, 6) is 19.0. The molecule has 2 aromatic rings. The summed E-state index contributed by atoms with van der Waals surface area (Å²) >= 11 is 0. The maximum Gasteiger partial charge on any atom is 0.115 e. The van der Waals surface area contributed by atoms with E-state index in [4.69, 9.17) is 0 Å². The molecule has 2 heteroatoms. The van der Waals surface area contributed by atoms with Gasteiger partial charge in [-0.2, -0.15) is 0 Å². The summed E-state index contributed by atoms with van der Waals surface area (Å²) in [4.78, 5) is 0. The summed E-state index contributed by atoms with van der Waals surface area (Å²) in [5.41, 5.74) is 2.83. The molecule has 18 atom stereocenters. The van der Waals surface area contributed by atoms with Gasteiger partial charge in [0.05, 0.1) is 0 Å². The normalized spacial score (nSPS) is 52.0. The number of fused-ring (bicyclic) bond motifs is 24. The first kappa shape index (κ1) is 27.8. The van der Waals surface area contributed by atoms with Gasteiger partial charge in [0.15, 0.2) is 0 Å². The number of hydrogen-bond acceptors (Lipinski definition) is 2. The second kappa shape index (κ2) is 9.63. The summed E-state index contributed by atoms with van der Waals surface area (Å²) in [7, 11) is 0. The third-order valence-corrected chi connectivity index (χ3v) is 19.1. The molecule has 10 saturated carbocycles. The molecule has 0 saturated heterocycles. The summed E-state index contributed by atoms with van der Waals surface area (Å²) in [6, 6.07) is 17.1. The lowest BCUT2D eigenvalue weighted by atomic mass is 9.55. The van der Waals surface area contributed by atoms with Gasteiger partial charge in [-0.1, -0.05) is 37.1 Å². The van der Waals surface area contributed by atoms with Gasteiger partial charge in [-0.3, -0.25) is 0 Å². The van der Waals surface area contributed by atoms with E-state index in [1.807, 2.05) is 24.3 Å². The molecule has 12 rings (SSSR count). The fraction of sp³-hybridized carbons (Fsp3) is 0.733. The molecule has 0 spiro atoms. The average molecular weight is 629 g/mol. The van der Waals surface area contributed by atoms with Crippen molar-refractivity contribution in [2.24, 2.45) is 107 Å². The molecule has 8 bridgehead atoms. The number of rotatable bonds is 6. The second-order valence-electron chi connectivity index (χ2n) is 19.8. The van der Waals surface area contributed by atoms with Crippen LogP contribution in [0.2, 0.25) is 0 Å². The summed E-state index contributed by atoms with van der Waals surface area (Å²) in [5, 5.41) is 21.0. The van der Waals surface area contributed by atoms with E-state index < -0.39 is 0 Å². The number of benzene rings is 2. The Labute approximate surface area is 282 Å². The van der Waals surface area contributed by atoms with Crippen molar-refractivity contribution in [3.8, 4) is 11.5 Å². The Hall–Kier alpha value is -1.96. The van der Waals surface area contributed by atoms with E-state index in [0.29, 0.717) is 11.5 Å². The first-order chi connectivity index (χ1) is 23.1. The summed E-state index contributed by atoms with van der Waals surface area (Å²) in [6.07, 6.45) is 20.9. The topological polar surface area (TPSA) is 40.5 Å². The first-order valence-corrected chi connectivity index (χ1v) is 20.6. The van der Waals surface area contributed by atoms with Crippen molar-refractivity contribution in [3.63, 3.8) is 0 Å². The Morgan fingerprint density at radius 1 is 0.426 bits per heavy atom. The monoisotopic (exact) mass is 628 g/mol. The van der Waals surface area contributed by atoms with Crippen molar-refractivity contribution >= 4 is 0 Å². The lowest BCUT2D eigenvalue weighted by Gasteiger charge is -2.49. The minimum Gasteiger partial charge on any atom is -0.508 e. The van der Waals surface area contributed by atoms with Gasteiger partial charge in [-0.15, -0.1) is 0 Å². The van der Waals surface area contributed by atoms with E-state index >= 15 is 0 Å². The van der Waals surface area contributed by atoms with Crippen molar-refractivity contribution in [1.82, 2.24) is 0 Å². The first-order valence-electron chi connectivity index (χ1n) is 20.6. The van der Waals surface area contributed by atoms with Crippen LogP contribution in [0.25, 0.3) is 0 Å². The van der Waals surface area contributed by atoms with E-state index in [1.165, 1.54) is 75.3 Å². The molecule has 10 fully saturated rings. The minimum absolute atomic E-state index is 0.0439. The van der Waals surface area contributed by atoms with Crippen LogP contribution in [-0.4, -0.2) is 10.2 Å². The highest BCUT2D eigenvalue weighted by Crippen LogP contribution is 2.76. The molecule has 10 aliphatic rings. The Kier molecular flexibility index (Phi) is 5.70. The van der Waals surface area contributed by atoms with E-state index in [9.17, 15) is 10.2 Å². The molecular formula is C45H56O2. The Morgan fingerprint density at radius 2 is 0.809 bits per heavy atom. The maximum absolute atomic E-state index is 10.5. The molecule has 248 valence electrons. The number of hydrogen-bond donors (Lipinski definition) is 2. The zero-order valence-corrected chi connectivity index (χ0v) is 28.3. The largest absolute Gasteiger partial charge is 0.508 e. The number of phenolic OH excluding ortho intramolecular Hbond substituents is 2. The fourth-order valence-electron chi connectivity index (χ4n) is 18.6. The van der Waals surface area contributed by atoms with Gasteiger partial charge in [-0.05, 0) is 219 Å². The molecule has 0 aliphatic heterocycles. The van der Waals surface area contributed by atoms with Gasteiger partial charge in [0.2, 0.25) is 0 Å². The Balaban J connectivity index is 0.920. The molecule has 0 heterocycles. The third kappa shape index (κ3) is 3.55. The smallest absolute Gasteiger partial charge is 0.115 e. The molecule has 2 N–H and O–H groups in total. The zero-order chi connectivity index (χ0) is 30.8. The third-order valence-electron chi connectivity index (χ3n) is 19.1. The predicted octanol–water partition coefficient (Wildman–Crippen LogP) is 10.1. The number of phenols is 2. The molecule has 0 radical (unpaired) electrons. The molecule has 47 heavy (non-hydrogen) atoms. The van der Waals surface area contributed by atoms with E-state index in [2.05, 4.69) is 24.3 Å². The fourth-order valence-corrected chi connectivity index (χ4v) is 18.6. The Morgan fingerprint density at radius 3 is 1.21 bits per heavy atom. The highest BCUT2D eigenvalue weighted by molar-refractivity contribution is 5.44. The van der Waals surface area contributed by atoms with Crippen LogP contribution in [0.1, 0.15) is 101 Å². The van der Waals surface area contributed by atoms with Crippen LogP contribution < -0.4 is 0 Å². The van der Waals surface area contributed by atoms with E-state index in [-0.39, 0.29) is 5.41 Å². The van der Waals surface area contributed by atoms with Crippen molar-refractivity contribution < 1.29 is 10.2 Å². The van der Waals surface area contributed by atoms with E-state index in [1.54, 1.807) is 25.7 Å². The SMILES string of the molecule is Oc1ccc(C(CC2CC3CC2C2C4CC(C5CCCC54)C32)(CC2CC3CC2C2C4CC(C5CCCC54)C32)c2ccc(O)cc2)cc1. The summed E-state index contributed by atoms with van der Waals surface area (Å²) < 4.78 is 0. The molecule has 10 aliphatic carbocycles. The summed E-state index contributed by atoms with van der Waals surface area (Å²) in [6.45, 7) is 0. The molecule has 18 unspecified atom stereocenters. The van der Waals surface area contributed by atoms with Crippen molar-refractivity contribution in [3.05, 3.63) is 59.7 Å². The quantitative estimate of drug-likeness (QED) is 0.313. The molecule has 2 nitrogen and oxygen atoms in total. The van der Waals surface area contributed by atoms with Crippen molar-refractivity contribution in [2.75, 3.05) is 0 Å². The van der Waals surface area contributed by atoms with E-state index in [0.717, 1.165) is 107 Å². The van der Waals surface area contributed by atoms with Crippen LogP contribution in [0.5, 0.6) is 11.5 Å². The van der Waals surface area contributed by atoms with Gasteiger partial charge in [0, 0.05) is 5.41 Å². The lowest BCUT2D eigenvalue weighted by molar-refractivity contribution is 0.0271. The van der Waals surface area contributed by atoms with Gasteiger partial charge in [0.25, 0.3) is 0 Å². The van der Waals surface area contributed by atoms with Crippen molar-refractivity contribution in [2.45, 2.75) is 95.3 Å². The second-order valence-corrected chi connectivity index (χ2v) is 19.8. The Bertz CT molecular complexity index is 1440. The maximum atomic E-state index is 10.5. The lowest BCUT2D eigenvalue weighted by Crippen LogP contribution is -2.43. The molecular weight excluding hydrogens is 572 g/mol. The highest BCUT2D eigenvalue weighted by atomic mass is 16.3. The minimum atomic E-state index is -0.0439. The van der Waals surface area contributed by atoms with Gasteiger partial charge < -0.3 is 10.2 Å². The average Bonchev–Trinajstić information content (AvgIpc) is 3.91. The van der Waals surface area contributed by atoms with Crippen LogP contribution in [0.3, 0.4) is 0 Å². The van der Waals surface area contributed by atoms with Crippen molar-refractivity contribution in [1.29, 1.82) is 0 Å². The van der Waals surface area contributed by atoms with Crippen LogP contribution >= 0.6 is 0 Å². The number of aromatic hydroxyl groups is 2. The molecule has 0 aromatic heterocycles. The van der Waals surface area contributed by atoms with Crippen LogP contribution in [0.4, 0.5) is 0 Å². The van der Waals surface area contributed by atoms with Gasteiger partial charge in [-0.25, -0.2) is 0 Å².